The average molecular weight is 190 g/mol. The molecule has 2 aliphatic rings. The summed E-state index contributed by atoms with van der Waals surface area (Å²) in [6.07, 6.45) is 8.95. The second kappa shape index (κ2) is 4.14. The highest BCUT2D eigenvalue weighted by atomic mass is 15.0. The lowest BCUT2D eigenvalue weighted by molar-refractivity contribution is 0.149. The van der Waals surface area contributed by atoms with Gasteiger partial charge in [-0.3, -0.25) is 0 Å². The number of nitrogens with zero attached hydrogens (tertiary/aromatic N) is 1. The summed E-state index contributed by atoms with van der Waals surface area (Å²) in [5.41, 5.74) is 0. The van der Waals surface area contributed by atoms with Crippen LogP contribution in [0.2, 0.25) is 0 Å². The van der Waals surface area contributed by atoms with Crippen LogP contribution in [0.25, 0.3) is 0 Å². The number of rotatable bonds is 4. The molecule has 2 aliphatic carbocycles. The monoisotopic (exact) mass is 190 g/mol. The molecule has 2 rings (SSSR count). The zero-order chi connectivity index (χ0) is 9.97. The summed E-state index contributed by atoms with van der Waals surface area (Å²) in [7, 11) is 0. The van der Waals surface area contributed by atoms with Crippen molar-refractivity contribution in [2.45, 2.75) is 44.7 Å². The molecular weight excluding hydrogens is 172 g/mol. The van der Waals surface area contributed by atoms with Gasteiger partial charge in [0.1, 0.15) is 0 Å². The molecule has 14 heavy (non-hydrogen) atoms. The van der Waals surface area contributed by atoms with E-state index in [1.165, 1.54) is 12.8 Å². The highest BCUT2D eigenvalue weighted by Gasteiger charge is 2.41. The Balaban J connectivity index is 1.80. The van der Waals surface area contributed by atoms with Gasteiger partial charge in [0.05, 0.1) is 12.5 Å². The Morgan fingerprint density at radius 3 is 3.14 bits per heavy atom. The number of allylic oxidation sites excluding steroid dienone is 1. The van der Waals surface area contributed by atoms with Crippen molar-refractivity contribution in [2.75, 3.05) is 0 Å². The quantitative estimate of drug-likeness (QED) is 0.690. The smallest absolute Gasteiger partial charge is 0.0638 e. The molecule has 0 spiro atoms. The topological polar surface area (TPSA) is 35.8 Å². The van der Waals surface area contributed by atoms with Crippen LogP contribution < -0.4 is 5.32 Å². The van der Waals surface area contributed by atoms with Crippen LogP contribution in [0.1, 0.15) is 32.6 Å². The highest BCUT2D eigenvalue weighted by molar-refractivity contribution is 5.13. The molecule has 0 aromatic heterocycles. The van der Waals surface area contributed by atoms with Crippen LogP contribution in [-0.2, 0) is 0 Å². The first-order valence-corrected chi connectivity index (χ1v) is 5.64. The Bertz CT molecular complexity index is 264. The van der Waals surface area contributed by atoms with Crippen molar-refractivity contribution in [1.82, 2.24) is 5.32 Å². The fourth-order valence-electron chi connectivity index (χ4n) is 2.64. The van der Waals surface area contributed by atoms with Crippen LogP contribution in [0.15, 0.2) is 12.2 Å². The summed E-state index contributed by atoms with van der Waals surface area (Å²) in [5.74, 6) is 1.68. The van der Waals surface area contributed by atoms with Gasteiger partial charge < -0.3 is 5.32 Å². The second-order valence-electron chi connectivity index (χ2n) is 4.48. The lowest BCUT2D eigenvalue weighted by Gasteiger charge is -2.42. The Morgan fingerprint density at radius 1 is 1.64 bits per heavy atom. The van der Waals surface area contributed by atoms with Gasteiger partial charge in [-0.15, -0.1) is 0 Å². The highest BCUT2D eigenvalue weighted by Crippen LogP contribution is 2.42. The van der Waals surface area contributed by atoms with Crippen molar-refractivity contribution in [2.24, 2.45) is 11.8 Å². The molecule has 1 saturated carbocycles. The Morgan fingerprint density at radius 2 is 2.50 bits per heavy atom. The first-order chi connectivity index (χ1) is 6.85. The molecule has 0 aromatic rings. The molecule has 0 heterocycles. The first kappa shape index (κ1) is 9.73. The number of fused-ring (bicyclic) bond motifs is 1. The predicted molar refractivity (Wildman–Crippen MR) is 56.6 cm³/mol. The molecule has 0 radical (unpaired) electrons. The maximum Gasteiger partial charge on any atom is 0.0638 e. The van der Waals surface area contributed by atoms with Crippen LogP contribution in [0, 0.1) is 23.2 Å². The number of hydrogen-bond acceptors (Lipinski definition) is 2. The molecule has 76 valence electrons. The third-order valence-electron chi connectivity index (χ3n) is 3.64. The van der Waals surface area contributed by atoms with Crippen molar-refractivity contribution < 1.29 is 0 Å². The maximum absolute atomic E-state index is 8.65. The van der Waals surface area contributed by atoms with Crippen LogP contribution in [0.3, 0.4) is 0 Å². The minimum atomic E-state index is 0.403. The summed E-state index contributed by atoms with van der Waals surface area (Å²) in [6.45, 7) is 2.15. The standard InChI is InChI=1S/C12H18N2/c1-2-10(6-7-13)14-12-8-9-4-3-5-11(9)12/h3,5,9-12,14H,2,4,6,8H2,1H3. The molecule has 2 heteroatoms. The normalized spacial score (nSPS) is 35.9. The second-order valence-corrected chi connectivity index (χ2v) is 4.48. The van der Waals surface area contributed by atoms with Crippen molar-refractivity contribution in [1.29, 1.82) is 5.26 Å². The van der Waals surface area contributed by atoms with Crippen molar-refractivity contribution in [3.8, 4) is 6.07 Å². The summed E-state index contributed by atoms with van der Waals surface area (Å²) < 4.78 is 0. The fraction of sp³-hybridized carbons (Fsp3) is 0.750. The molecule has 0 amide bonds. The van der Waals surface area contributed by atoms with E-state index in [9.17, 15) is 0 Å². The van der Waals surface area contributed by atoms with Gasteiger partial charge in [0.15, 0.2) is 0 Å². The Labute approximate surface area is 86.0 Å². The van der Waals surface area contributed by atoms with Gasteiger partial charge in [-0.1, -0.05) is 19.1 Å². The summed E-state index contributed by atoms with van der Waals surface area (Å²) in [4.78, 5) is 0. The van der Waals surface area contributed by atoms with Crippen LogP contribution in [0.4, 0.5) is 0 Å². The van der Waals surface area contributed by atoms with E-state index in [2.05, 4.69) is 30.5 Å². The van der Waals surface area contributed by atoms with Crippen molar-refractivity contribution >= 4 is 0 Å². The van der Waals surface area contributed by atoms with Crippen molar-refractivity contribution in [3.05, 3.63) is 12.2 Å². The van der Waals surface area contributed by atoms with Gasteiger partial charge in [0.2, 0.25) is 0 Å². The molecule has 4 atom stereocenters. The van der Waals surface area contributed by atoms with Crippen molar-refractivity contribution in [3.63, 3.8) is 0 Å². The minimum absolute atomic E-state index is 0.403. The zero-order valence-electron chi connectivity index (χ0n) is 8.74. The zero-order valence-corrected chi connectivity index (χ0v) is 8.74. The average Bonchev–Trinajstić information content (AvgIpc) is 2.54. The molecule has 1 fully saturated rings. The minimum Gasteiger partial charge on any atom is -0.310 e. The number of hydrogen-bond donors (Lipinski definition) is 1. The maximum atomic E-state index is 8.65. The molecule has 0 aromatic carbocycles. The summed E-state index contributed by atoms with van der Waals surface area (Å²) >= 11 is 0. The van der Waals surface area contributed by atoms with Crippen LogP contribution in [0.5, 0.6) is 0 Å². The molecule has 4 unspecified atom stereocenters. The van der Waals surface area contributed by atoms with Gasteiger partial charge >= 0.3 is 0 Å². The van der Waals surface area contributed by atoms with E-state index in [4.69, 9.17) is 5.26 Å². The predicted octanol–water partition coefficient (Wildman–Crippen LogP) is 2.23. The van der Waals surface area contributed by atoms with Gasteiger partial charge in [0, 0.05) is 12.1 Å². The lowest BCUT2D eigenvalue weighted by Crippen LogP contribution is -2.51. The van der Waals surface area contributed by atoms with Gasteiger partial charge in [-0.2, -0.15) is 5.26 Å². The number of nitriles is 1. The lowest BCUT2D eigenvalue weighted by atomic mass is 9.71. The molecule has 2 nitrogen and oxygen atoms in total. The summed E-state index contributed by atoms with van der Waals surface area (Å²) in [5, 5.41) is 12.3. The van der Waals surface area contributed by atoms with E-state index in [-0.39, 0.29) is 0 Å². The Hall–Kier alpha value is -0.810. The van der Waals surface area contributed by atoms with Gasteiger partial charge in [0.25, 0.3) is 0 Å². The van der Waals surface area contributed by atoms with Gasteiger partial charge in [-0.05, 0) is 31.1 Å². The summed E-state index contributed by atoms with van der Waals surface area (Å²) in [6, 6.07) is 3.30. The van der Waals surface area contributed by atoms with Crippen LogP contribution in [-0.4, -0.2) is 12.1 Å². The van der Waals surface area contributed by atoms with Gasteiger partial charge in [-0.25, -0.2) is 0 Å². The van der Waals surface area contributed by atoms with Crippen LogP contribution >= 0.6 is 0 Å². The third kappa shape index (κ3) is 1.69. The third-order valence-corrected chi connectivity index (χ3v) is 3.64. The van der Waals surface area contributed by atoms with E-state index in [1.54, 1.807) is 0 Å². The van der Waals surface area contributed by atoms with E-state index in [0.717, 1.165) is 18.3 Å². The largest absolute Gasteiger partial charge is 0.310 e. The van der Waals surface area contributed by atoms with E-state index in [0.29, 0.717) is 18.5 Å². The fourth-order valence-corrected chi connectivity index (χ4v) is 2.64. The number of nitrogens with one attached hydrogen (secondary N) is 1. The first-order valence-electron chi connectivity index (χ1n) is 5.64. The molecule has 1 N–H and O–H groups in total. The molecular formula is C12H18N2. The van der Waals surface area contributed by atoms with E-state index < -0.39 is 0 Å². The van der Waals surface area contributed by atoms with E-state index in [1.807, 2.05) is 0 Å². The molecule has 0 bridgehead atoms. The van der Waals surface area contributed by atoms with E-state index >= 15 is 0 Å². The molecule has 0 saturated heterocycles. The SMILES string of the molecule is CCC(CC#N)NC1CC2CC=CC21. The molecule has 0 aliphatic heterocycles. The Kier molecular flexibility index (Phi) is 2.88.